The van der Waals surface area contributed by atoms with Crippen LogP contribution in [0.4, 0.5) is 4.79 Å². The molecule has 1 aromatic carbocycles. The number of aromatic nitrogens is 1. The van der Waals surface area contributed by atoms with Crippen molar-refractivity contribution in [2.45, 2.75) is 32.9 Å². The average molecular weight is 327 g/mol. The van der Waals surface area contributed by atoms with Gasteiger partial charge in [-0.05, 0) is 37.1 Å². The van der Waals surface area contributed by atoms with Crippen LogP contribution in [0.5, 0.6) is 5.75 Å². The summed E-state index contributed by atoms with van der Waals surface area (Å²) < 4.78 is 5.77. The molecule has 2 heterocycles. The number of aromatic amines is 1. The fraction of sp³-hybridized carbons (Fsp3) is 0.333. The van der Waals surface area contributed by atoms with Crippen molar-refractivity contribution in [2.24, 2.45) is 0 Å². The Morgan fingerprint density at radius 1 is 1.29 bits per heavy atom. The zero-order valence-electron chi connectivity index (χ0n) is 13.8. The summed E-state index contributed by atoms with van der Waals surface area (Å²) in [6.45, 7) is 4.31. The van der Waals surface area contributed by atoms with Crippen LogP contribution in [0.3, 0.4) is 0 Å². The number of carbonyl (C=O) groups excluding carboxylic acids is 1. The predicted molar refractivity (Wildman–Crippen MR) is 91.3 cm³/mol. The smallest absolute Gasteiger partial charge is 0.315 e. The van der Waals surface area contributed by atoms with Crippen LogP contribution in [0, 0.1) is 13.8 Å². The molecule has 6 heteroatoms. The van der Waals surface area contributed by atoms with Crippen molar-refractivity contribution in [1.82, 2.24) is 15.6 Å². The molecule has 1 aliphatic rings. The lowest BCUT2D eigenvalue weighted by Crippen LogP contribution is -2.41. The number of ether oxygens (including phenoxy) is 1. The van der Waals surface area contributed by atoms with Gasteiger partial charge >= 0.3 is 6.03 Å². The SMILES string of the molecule is Cc1cc(C)c(CNC(=O)NCC2Cc3ccccc3O2)c(=O)[nH]1. The number of urea groups is 1. The molecular formula is C18H21N3O3. The summed E-state index contributed by atoms with van der Waals surface area (Å²) in [5.74, 6) is 0.881. The van der Waals surface area contributed by atoms with Gasteiger partial charge in [-0.1, -0.05) is 18.2 Å². The van der Waals surface area contributed by atoms with E-state index in [0.717, 1.165) is 29.0 Å². The van der Waals surface area contributed by atoms with Gasteiger partial charge in [0.05, 0.1) is 13.1 Å². The molecule has 1 atom stereocenters. The number of H-pyrrole nitrogens is 1. The van der Waals surface area contributed by atoms with Crippen molar-refractivity contribution in [3.05, 3.63) is 63.1 Å². The first-order valence-corrected chi connectivity index (χ1v) is 7.98. The minimum Gasteiger partial charge on any atom is -0.488 e. The molecule has 1 aromatic heterocycles. The normalized spacial score (nSPS) is 15.5. The second-order valence-electron chi connectivity index (χ2n) is 6.06. The Morgan fingerprint density at radius 2 is 2.08 bits per heavy atom. The van der Waals surface area contributed by atoms with Gasteiger partial charge in [0, 0.05) is 17.7 Å². The summed E-state index contributed by atoms with van der Waals surface area (Å²) in [4.78, 5) is 26.6. The number of pyridine rings is 1. The van der Waals surface area contributed by atoms with E-state index in [1.54, 1.807) is 0 Å². The standard InChI is InChI=1S/C18H21N3O3/c1-11-7-12(2)21-17(22)15(11)10-20-18(23)19-9-14-8-13-5-3-4-6-16(13)24-14/h3-7,14H,8-10H2,1-2H3,(H,21,22)(H2,19,20,23). The van der Waals surface area contributed by atoms with E-state index in [1.807, 2.05) is 44.2 Å². The fourth-order valence-corrected chi connectivity index (χ4v) is 2.91. The van der Waals surface area contributed by atoms with E-state index < -0.39 is 0 Å². The number of nitrogens with one attached hydrogen (secondary N) is 3. The monoisotopic (exact) mass is 327 g/mol. The van der Waals surface area contributed by atoms with E-state index in [2.05, 4.69) is 15.6 Å². The maximum atomic E-state index is 11.9. The maximum absolute atomic E-state index is 11.9. The van der Waals surface area contributed by atoms with Gasteiger partial charge in [0.15, 0.2) is 0 Å². The molecule has 0 radical (unpaired) electrons. The number of rotatable bonds is 4. The number of hydrogen-bond donors (Lipinski definition) is 3. The Balaban J connectivity index is 1.48. The first kappa shape index (κ1) is 16.1. The van der Waals surface area contributed by atoms with Gasteiger partial charge < -0.3 is 20.4 Å². The Hall–Kier alpha value is -2.76. The van der Waals surface area contributed by atoms with Gasteiger partial charge in [0.25, 0.3) is 5.56 Å². The van der Waals surface area contributed by atoms with Crippen LogP contribution in [-0.4, -0.2) is 23.7 Å². The van der Waals surface area contributed by atoms with Gasteiger partial charge in [0.1, 0.15) is 11.9 Å². The molecule has 0 fully saturated rings. The molecule has 0 saturated carbocycles. The third kappa shape index (κ3) is 3.59. The highest BCUT2D eigenvalue weighted by Crippen LogP contribution is 2.27. The summed E-state index contributed by atoms with van der Waals surface area (Å²) in [6.07, 6.45) is 0.727. The molecule has 3 rings (SSSR count). The quantitative estimate of drug-likeness (QED) is 0.800. The number of para-hydroxylation sites is 1. The predicted octanol–water partition coefficient (Wildman–Crippen LogP) is 1.79. The zero-order chi connectivity index (χ0) is 17.1. The minimum absolute atomic E-state index is 0.0577. The van der Waals surface area contributed by atoms with Crippen molar-refractivity contribution in [3.8, 4) is 5.75 Å². The molecule has 0 bridgehead atoms. The van der Waals surface area contributed by atoms with Crippen LogP contribution in [0.25, 0.3) is 0 Å². The van der Waals surface area contributed by atoms with Crippen molar-refractivity contribution in [3.63, 3.8) is 0 Å². The highest BCUT2D eigenvalue weighted by Gasteiger charge is 2.22. The van der Waals surface area contributed by atoms with E-state index in [9.17, 15) is 9.59 Å². The van der Waals surface area contributed by atoms with Gasteiger partial charge in [-0.15, -0.1) is 0 Å². The Kier molecular flexibility index (Phi) is 4.55. The molecule has 1 aliphatic heterocycles. The van der Waals surface area contributed by atoms with Crippen LogP contribution < -0.4 is 20.9 Å². The van der Waals surface area contributed by atoms with Crippen LogP contribution in [0.1, 0.15) is 22.4 Å². The number of benzene rings is 1. The van der Waals surface area contributed by atoms with Gasteiger partial charge in [0.2, 0.25) is 0 Å². The lowest BCUT2D eigenvalue weighted by Gasteiger charge is -2.13. The molecule has 126 valence electrons. The molecule has 3 N–H and O–H groups in total. The largest absolute Gasteiger partial charge is 0.488 e. The summed E-state index contributed by atoms with van der Waals surface area (Å²) in [7, 11) is 0. The van der Waals surface area contributed by atoms with E-state index in [-0.39, 0.29) is 24.2 Å². The lowest BCUT2D eigenvalue weighted by atomic mass is 10.1. The summed E-state index contributed by atoms with van der Waals surface area (Å²) in [6, 6.07) is 9.45. The Bertz CT molecular complexity index is 788. The number of carbonyl (C=O) groups is 1. The lowest BCUT2D eigenvalue weighted by molar-refractivity contribution is 0.213. The highest BCUT2D eigenvalue weighted by atomic mass is 16.5. The summed E-state index contributed by atoms with van der Waals surface area (Å²) in [5.41, 5.74) is 3.24. The highest BCUT2D eigenvalue weighted by molar-refractivity contribution is 5.73. The average Bonchev–Trinajstić information content (AvgIpc) is 2.94. The fourth-order valence-electron chi connectivity index (χ4n) is 2.91. The third-order valence-corrected chi connectivity index (χ3v) is 4.12. The van der Waals surface area contributed by atoms with Crippen molar-refractivity contribution in [2.75, 3.05) is 6.54 Å². The molecule has 0 aliphatic carbocycles. The summed E-state index contributed by atoms with van der Waals surface area (Å²) >= 11 is 0. The number of amides is 2. The number of fused-ring (bicyclic) bond motifs is 1. The van der Waals surface area contributed by atoms with Gasteiger partial charge in [-0.3, -0.25) is 4.79 Å². The van der Waals surface area contributed by atoms with Gasteiger partial charge in [-0.25, -0.2) is 4.79 Å². The molecule has 2 amide bonds. The second-order valence-corrected chi connectivity index (χ2v) is 6.06. The van der Waals surface area contributed by atoms with Crippen molar-refractivity contribution >= 4 is 6.03 Å². The molecule has 0 saturated heterocycles. The molecule has 0 spiro atoms. The maximum Gasteiger partial charge on any atom is 0.315 e. The van der Waals surface area contributed by atoms with E-state index in [4.69, 9.17) is 4.74 Å². The summed E-state index contributed by atoms with van der Waals surface area (Å²) in [5, 5.41) is 5.51. The third-order valence-electron chi connectivity index (χ3n) is 4.12. The van der Waals surface area contributed by atoms with Crippen molar-refractivity contribution in [1.29, 1.82) is 0 Å². The van der Waals surface area contributed by atoms with Gasteiger partial charge in [-0.2, -0.15) is 0 Å². The first-order valence-electron chi connectivity index (χ1n) is 7.98. The molecule has 2 aromatic rings. The second kappa shape index (κ2) is 6.78. The van der Waals surface area contributed by atoms with E-state index in [1.165, 1.54) is 0 Å². The topological polar surface area (TPSA) is 83.2 Å². The molecule has 24 heavy (non-hydrogen) atoms. The molecular weight excluding hydrogens is 306 g/mol. The minimum atomic E-state index is -0.311. The zero-order valence-corrected chi connectivity index (χ0v) is 13.8. The van der Waals surface area contributed by atoms with E-state index >= 15 is 0 Å². The molecule has 1 unspecified atom stereocenters. The Morgan fingerprint density at radius 3 is 2.83 bits per heavy atom. The van der Waals surface area contributed by atoms with Crippen LogP contribution in [-0.2, 0) is 13.0 Å². The molecule has 6 nitrogen and oxygen atoms in total. The first-order chi connectivity index (χ1) is 11.5. The Labute approximate surface area is 140 Å². The number of aryl methyl sites for hydroxylation is 2. The van der Waals surface area contributed by atoms with Crippen LogP contribution >= 0.6 is 0 Å². The van der Waals surface area contributed by atoms with E-state index in [0.29, 0.717) is 12.1 Å². The number of hydrogen-bond acceptors (Lipinski definition) is 3. The van der Waals surface area contributed by atoms with Crippen LogP contribution in [0.15, 0.2) is 35.1 Å². The van der Waals surface area contributed by atoms with Crippen molar-refractivity contribution < 1.29 is 9.53 Å². The van der Waals surface area contributed by atoms with Crippen LogP contribution in [0.2, 0.25) is 0 Å².